The van der Waals surface area contributed by atoms with Gasteiger partial charge in [0.05, 0.1) is 12.4 Å². The smallest absolute Gasteiger partial charge is 0.247 e. The topological polar surface area (TPSA) is 96.2 Å². The van der Waals surface area contributed by atoms with Gasteiger partial charge in [-0.1, -0.05) is 17.7 Å². The number of nitrogens with zero attached hydrogens (tertiary/aromatic N) is 6. The molecule has 2 aromatic rings. The molecule has 5 rings (SSSR count). The number of hydrogen-bond donors (Lipinski definition) is 1. The third kappa shape index (κ3) is 3.65. The molecule has 2 atom stereocenters. The number of fused-ring (bicyclic) bond motifs is 1. The molecule has 3 heterocycles. The Kier molecular flexibility index (Phi) is 5.19. The first-order chi connectivity index (χ1) is 15.4. The molecule has 32 heavy (non-hydrogen) atoms. The van der Waals surface area contributed by atoms with Crippen molar-refractivity contribution in [3.8, 4) is 0 Å². The van der Waals surface area contributed by atoms with Crippen molar-refractivity contribution in [1.82, 2.24) is 29.7 Å². The number of aromatic nitrogens is 4. The second-order valence-corrected chi connectivity index (χ2v) is 9.18. The van der Waals surface area contributed by atoms with E-state index in [0.29, 0.717) is 23.8 Å². The summed E-state index contributed by atoms with van der Waals surface area (Å²) in [6.07, 6.45) is 11.7. The second kappa shape index (κ2) is 8.03. The first kappa shape index (κ1) is 20.7. The maximum atomic E-state index is 12.7. The number of hydrogen-bond acceptors (Lipinski definition) is 6. The van der Waals surface area contributed by atoms with Crippen LogP contribution in [0, 0.1) is 0 Å². The first-order valence-corrected chi connectivity index (χ1v) is 11.3. The molecule has 0 radical (unpaired) electrons. The predicted molar refractivity (Wildman–Crippen MR) is 121 cm³/mol. The molecule has 1 saturated heterocycles. The van der Waals surface area contributed by atoms with Crippen LogP contribution in [0.1, 0.15) is 45.1 Å². The molecule has 2 fully saturated rings. The van der Waals surface area contributed by atoms with Gasteiger partial charge in [0.15, 0.2) is 17.0 Å². The average molecular weight is 436 g/mol. The molecule has 2 aromatic heterocycles. The Balaban J connectivity index is 1.45. The Hall–Kier alpha value is -3.23. The van der Waals surface area contributed by atoms with Crippen molar-refractivity contribution in [2.24, 2.45) is 0 Å². The van der Waals surface area contributed by atoms with E-state index in [9.17, 15) is 9.59 Å². The fraction of sp³-hybridized carbons (Fsp3) is 0.522. The van der Waals surface area contributed by atoms with Gasteiger partial charge >= 0.3 is 0 Å². The number of likely N-dealkylation sites (N-methyl/N-ethyl adjacent to an activating group) is 1. The van der Waals surface area contributed by atoms with Gasteiger partial charge in [0, 0.05) is 38.7 Å². The van der Waals surface area contributed by atoms with Gasteiger partial charge in [-0.2, -0.15) is 0 Å². The van der Waals surface area contributed by atoms with E-state index in [2.05, 4.69) is 32.1 Å². The van der Waals surface area contributed by atoms with Crippen molar-refractivity contribution in [1.29, 1.82) is 0 Å². The van der Waals surface area contributed by atoms with E-state index in [1.807, 2.05) is 16.7 Å². The lowest BCUT2D eigenvalue weighted by atomic mass is 9.93. The lowest BCUT2D eigenvalue weighted by molar-refractivity contribution is -0.129. The summed E-state index contributed by atoms with van der Waals surface area (Å²) in [6, 6.07) is 0.0622. The fourth-order valence-electron chi connectivity index (χ4n) is 4.63. The molecular formula is C23H29N7O2. The summed E-state index contributed by atoms with van der Waals surface area (Å²) in [4.78, 5) is 42.7. The number of carbonyl (C=O) groups is 2. The summed E-state index contributed by atoms with van der Waals surface area (Å²) in [5.41, 5.74) is 3.34. The van der Waals surface area contributed by atoms with Gasteiger partial charge in [0.25, 0.3) is 0 Å². The minimum absolute atomic E-state index is 0.0168. The molecule has 0 aromatic carbocycles. The molecular weight excluding hydrogens is 406 g/mol. The van der Waals surface area contributed by atoms with E-state index >= 15 is 0 Å². The summed E-state index contributed by atoms with van der Waals surface area (Å²) >= 11 is 0. The largest absolute Gasteiger partial charge is 0.350 e. The van der Waals surface area contributed by atoms with Crippen molar-refractivity contribution in [2.45, 2.75) is 57.2 Å². The fourth-order valence-corrected chi connectivity index (χ4v) is 4.63. The van der Waals surface area contributed by atoms with E-state index in [0.717, 1.165) is 49.0 Å². The van der Waals surface area contributed by atoms with Crippen molar-refractivity contribution < 1.29 is 9.59 Å². The quantitative estimate of drug-likeness (QED) is 0.772. The second-order valence-electron chi connectivity index (χ2n) is 9.18. The van der Waals surface area contributed by atoms with Crippen LogP contribution in [-0.2, 0) is 9.59 Å². The van der Waals surface area contributed by atoms with Gasteiger partial charge in [-0.3, -0.25) is 9.59 Å². The lowest BCUT2D eigenvalue weighted by Crippen LogP contribution is -2.43. The average Bonchev–Trinajstić information content (AvgIpc) is 3.29. The zero-order chi connectivity index (χ0) is 22.4. The van der Waals surface area contributed by atoms with Gasteiger partial charge in [-0.25, -0.2) is 15.0 Å². The van der Waals surface area contributed by atoms with Crippen LogP contribution in [0.5, 0.6) is 0 Å². The van der Waals surface area contributed by atoms with Gasteiger partial charge in [0.1, 0.15) is 12.4 Å². The van der Waals surface area contributed by atoms with E-state index in [1.54, 1.807) is 31.6 Å². The molecule has 0 bridgehead atoms. The normalized spacial score (nSPS) is 23.2. The van der Waals surface area contributed by atoms with E-state index in [4.69, 9.17) is 0 Å². The minimum atomic E-state index is -0.231. The van der Waals surface area contributed by atoms with Gasteiger partial charge in [-0.05, 0) is 32.6 Å². The third-order valence-corrected chi connectivity index (χ3v) is 6.62. The molecule has 168 valence electrons. The number of imidazole rings is 1. The highest BCUT2D eigenvalue weighted by atomic mass is 16.2. The van der Waals surface area contributed by atoms with Crippen molar-refractivity contribution >= 4 is 28.8 Å². The monoisotopic (exact) mass is 435 g/mol. The highest BCUT2D eigenvalue weighted by Crippen LogP contribution is 2.35. The molecule has 2 amide bonds. The Morgan fingerprint density at radius 2 is 1.94 bits per heavy atom. The number of allylic oxidation sites excluding steroid dienone is 3. The lowest BCUT2D eigenvalue weighted by Gasteiger charge is -2.27. The van der Waals surface area contributed by atoms with Crippen molar-refractivity contribution in [3.05, 3.63) is 36.0 Å². The first-order valence-electron chi connectivity index (χ1n) is 11.3. The number of amides is 2. The van der Waals surface area contributed by atoms with Gasteiger partial charge < -0.3 is 19.7 Å². The van der Waals surface area contributed by atoms with Gasteiger partial charge in [-0.15, -0.1) is 0 Å². The van der Waals surface area contributed by atoms with Crippen LogP contribution in [0.3, 0.4) is 0 Å². The zero-order valence-corrected chi connectivity index (χ0v) is 18.8. The van der Waals surface area contributed by atoms with Crippen LogP contribution in [0.2, 0.25) is 0 Å². The summed E-state index contributed by atoms with van der Waals surface area (Å²) in [5, 5.41) is 3.08. The molecule has 1 aliphatic heterocycles. The van der Waals surface area contributed by atoms with Crippen molar-refractivity contribution in [2.75, 3.05) is 25.5 Å². The molecule has 9 nitrogen and oxygen atoms in total. The molecule has 9 heteroatoms. The summed E-state index contributed by atoms with van der Waals surface area (Å²) in [5.74, 6) is 0.797. The summed E-state index contributed by atoms with van der Waals surface area (Å²) < 4.78 is 2.03. The highest BCUT2D eigenvalue weighted by Gasteiger charge is 2.35. The molecule has 2 aliphatic carbocycles. The van der Waals surface area contributed by atoms with Crippen molar-refractivity contribution in [3.63, 3.8) is 0 Å². The third-order valence-electron chi connectivity index (χ3n) is 6.62. The van der Waals surface area contributed by atoms with E-state index in [1.165, 1.54) is 0 Å². The molecule has 1 saturated carbocycles. The Bertz CT molecular complexity index is 1130. The molecule has 3 aliphatic rings. The van der Waals surface area contributed by atoms with Crippen LogP contribution in [0.4, 0.5) is 5.82 Å². The summed E-state index contributed by atoms with van der Waals surface area (Å²) in [6.45, 7) is 2.83. The maximum absolute atomic E-state index is 12.7. The van der Waals surface area contributed by atoms with Crippen LogP contribution < -0.4 is 10.2 Å². The van der Waals surface area contributed by atoms with E-state index in [-0.39, 0.29) is 23.9 Å². The number of nitrogens with one attached hydrogen (secondary N) is 1. The van der Waals surface area contributed by atoms with Crippen LogP contribution in [-0.4, -0.2) is 69.0 Å². The number of anilines is 1. The number of carbonyl (C=O) groups excluding carboxylic acids is 2. The Morgan fingerprint density at radius 1 is 1.12 bits per heavy atom. The SMILES string of the molecule is CC1=CC=C(C(=O)NC2CC2)CC1n1cnc2c(N3CCC[C@H]3C(=O)N(C)C)ncnc21. The maximum Gasteiger partial charge on any atom is 0.247 e. The Labute approximate surface area is 187 Å². The van der Waals surface area contributed by atoms with Crippen LogP contribution in [0.15, 0.2) is 36.0 Å². The highest BCUT2D eigenvalue weighted by molar-refractivity contribution is 5.94. The zero-order valence-electron chi connectivity index (χ0n) is 18.8. The summed E-state index contributed by atoms with van der Waals surface area (Å²) in [7, 11) is 3.57. The van der Waals surface area contributed by atoms with Crippen LogP contribution >= 0.6 is 0 Å². The predicted octanol–water partition coefficient (Wildman–Crippen LogP) is 1.98. The van der Waals surface area contributed by atoms with Crippen LogP contribution in [0.25, 0.3) is 11.2 Å². The molecule has 1 unspecified atom stereocenters. The minimum Gasteiger partial charge on any atom is -0.350 e. The molecule has 0 spiro atoms. The standard InChI is InChI=1S/C23H29N7O2/c1-14-6-7-15(22(31)27-16-8-9-16)11-18(14)30-13-26-19-20(24-12-25-21(19)30)29-10-4-5-17(29)23(32)28(2)3/h6-7,12-13,16-18H,4-5,8-11H2,1-3H3,(H,27,31)/t17-,18?/m0/s1. The number of rotatable bonds is 5. The van der Waals surface area contributed by atoms with E-state index < -0.39 is 0 Å². The van der Waals surface area contributed by atoms with Gasteiger partial charge in [0.2, 0.25) is 11.8 Å². The molecule has 1 N–H and O–H groups in total. The Morgan fingerprint density at radius 3 is 2.69 bits per heavy atom.